The Bertz CT molecular complexity index is 2380. The molecule has 0 N–H and O–H groups in total. The van der Waals surface area contributed by atoms with Crippen molar-refractivity contribution in [2.24, 2.45) is 0 Å². The molecule has 1 nitrogen and oxygen atoms in total. The van der Waals surface area contributed by atoms with E-state index in [1.54, 1.807) is 0 Å². The SMILES string of the molecule is [2H]c1c([2H])c(N(c2ccc(-c3ccccc3)cc2)c2ccc(-c3ccccc3)cc2)c([2H])c([2H])c1-c1cccc(-c2cccc3ccccc23)c1. The van der Waals surface area contributed by atoms with Crippen molar-refractivity contribution in [2.75, 3.05) is 4.90 Å². The van der Waals surface area contributed by atoms with Crippen LogP contribution in [0.3, 0.4) is 0 Å². The fourth-order valence-electron chi connectivity index (χ4n) is 6.16. The van der Waals surface area contributed by atoms with Crippen LogP contribution in [0.4, 0.5) is 17.1 Å². The van der Waals surface area contributed by atoms with Gasteiger partial charge in [-0.15, -0.1) is 0 Å². The second kappa shape index (κ2) is 12.7. The Labute approximate surface area is 282 Å². The smallest absolute Gasteiger partial charge is 0.0645 e. The molecule has 0 saturated carbocycles. The van der Waals surface area contributed by atoms with E-state index in [1.807, 2.05) is 132 Å². The molecule has 0 aliphatic heterocycles. The molecule has 47 heavy (non-hydrogen) atoms. The van der Waals surface area contributed by atoms with Gasteiger partial charge in [0.05, 0.1) is 5.48 Å². The molecule has 0 atom stereocenters. The molecule has 0 aliphatic carbocycles. The van der Waals surface area contributed by atoms with Crippen molar-refractivity contribution in [3.63, 3.8) is 0 Å². The van der Waals surface area contributed by atoms with Gasteiger partial charge in [-0.1, -0.05) is 158 Å². The lowest BCUT2D eigenvalue weighted by Gasteiger charge is -2.26. The molecule has 8 aromatic carbocycles. The lowest BCUT2D eigenvalue weighted by atomic mass is 9.95. The van der Waals surface area contributed by atoms with Crippen molar-refractivity contribution < 1.29 is 5.48 Å². The number of anilines is 3. The highest BCUT2D eigenvalue weighted by atomic mass is 15.1. The molecule has 8 aromatic rings. The van der Waals surface area contributed by atoms with Crippen LogP contribution in [-0.4, -0.2) is 0 Å². The first-order valence-corrected chi connectivity index (χ1v) is 15.8. The summed E-state index contributed by atoms with van der Waals surface area (Å²) in [5.41, 5.74) is 8.81. The van der Waals surface area contributed by atoms with E-state index in [-0.39, 0.29) is 35.4 Å². The first kappa shape index (κ1) is 24.1. The maximum atomic E-state index is 9.40. The summed E-state index contributed by atoms with van der Waals surface area (Å²) in [4.78, 5) is 1.83. The topological polar surface area (TPSA) is 3.24 Å². The van der Waals surface area contributed by atoms with Gasteiger partial charge in [0.1, 0.15) is 0 Å². The van der Waals surface area contributed by atoms with Crippen LogP contribution in [0.25, 0.3) is 55.3 Å². The zero-order chi connectivity index (χ0) is 34.9. The minimum atomic E-state index is -0.110. The minimum Gasteiger partial charge on any atom is -0.311 e. The molecule has 1 heteroatoms. The third kappa shape index (κ3) is 5.83. The number of benzene rings is 8. The van der Waals surface area contributed by atoms with Crippen molar-refractivity contribution in [3.05, 3.63) is 200 Å². The van der Waals surface area contributed by atoms with Gasteiger partial charge in [0.2, 0.25) is 0 Å². The number of hydrogen-bond acceptors (Lipinski definition) is 1. The number of fused-ring (bicyclic) bond motifs is 1. The first-order valence-electron chi connectivity index (χ1n) is 17.8. The summed E-state index contributed by atoms with van der Waals surface area (Å²) < 4.78 is 37.4. The van der Waals surface area contributed by atoms with Crippen LogP contribution in [0, 0.1) is 0 Å². The quantitative estimate of drug-likeness (QED) is 0.175. The zero-order valence-corrected chi connectivity index (χ0v) is 25.7. The molecular formula is C46H33N. The standard InChI is InChI=1S/C46H33N/c1-3-11-34(12-4-1)36-21-27-42(28-22-36)47(43-29-23-37(24-30-43)35-13-5-2-6-14-35)44-31-25-38(26-32-44)40-17-9-18-41(33-40)46-20-10-16-39-15-7-8-19-45(39)46/h1-33H/i25D,26D,31D,32D. The van der Waals surface area contributed by atoms with Gasteiger partial charge in [-0.2, -0.15) is 0 Å². The Morgan fingerprint density at radius 1 is 0.319 bits per heavy atom. The molecule has 0 radical (unpaired) electrons. The highest BCUT2D eigenvalue weighted by molar-refractivity contribution is 5.97. The Kier molecular flexibility index (Phi) is 6.50. The molecule has 0 fully saturated rings. The summed E-state index contributed by atoms with van der Waals surface area (Å²) in [5, 5.41) is 2.24. The molecule has 0 bridgehead atoms. The van der Waals surface area contributed by atoms with Gasteiger partial charge in [-0.25, -0.2) is 0 Å². The lowest BCUT2D eigenvalue weighted by molar-refractivity contribution is 1.28. The molecular weight excluding hydrogens is 567 g/mol. The van der Waals surface area contributed by atoms with Crippen LogP contribution >= 0.6 is 0 Å². The van der Waals surface area contributed by atoms with Crippen LogP contribution in [0.2, 0.25) is 0 Å². The summed E-state index contributed by atoms with van der Waals surface area (Å²) >= 11 is 0. The summed E-state index contributed by atoms with van der Waals surface area (Å²) in [5.74, 6) is 0. The fourth-order valence-corrected chi connectivity index (χ4v) is 6.16. The minimum absolute atomic E-state index is 0.0899. The van der Waals surface area contributed by atoms with E-state index in [0.717, 1.165) is 55.5 Å². The largest absolute Gasteiger partial charge is 0.311 e. The van der Waals surface area contributed by atoms with Gasteiger partial charge < -0.3 is 4.90 Å². The Morgan fingerprint density at radius 3 is 1.40 bits per heavy atom. The van der Waals surface area contributed by atoms with Crippen LogP contribution in [0.5, 0.6) is 0 Å². The molecule has 222 valence electrons. The van der Waals surface area contributed by atoms with Crippen LogP contribution in [0.1, 0.15) is 5.48 Å². The Morgan fingerprint density at radius 2 is 0.787 bits per heavy atom. The molecule has 0 unspecified atom stereocenters. The van der Waals surface area contributed by atoms with Crippen LogP contribution in [0.15, 0.2) is 200 Å². The molecule has 0 spiro atoms. The molecule has 0 aliphatic rings. The maximum Gasteiger partial charge on any atom is 0.0645 e. The summed E-state index contributed by atoms with van der Waals surface area (Å²) in [6, 6.07) is 58.0. The monoisotopic (exact) mass is 603 g/mol. The third-order valence-corrected chi connectivity index (χ3v) is 8.55. The van der Waals surface area contributed by atoms with E-state index in [9.17, 15) is 5.48 Å². The number of rotatable bonds is 7. The van der Waals surface area contributed by atoms with E-state index in [4.69, 9.17) is 0 Å². The second-order valence-electron chi connectivity index (χ2n) is 11.5. The second-order valence-corrected chi connectivity index (χ2v) is 11.5. The van der Waals surface area contributed by atoms with Crippen molar-refractivity contribution in [1.29, 1.82) is 0 Å². The van der Waals surface area contributed by atoms with Gasteiger partial charge >= 0.3 is 0 Å². The van der Waals surface area contributed by atoms with Crippen molar-refractivity contribution >= 4 is 27.8 Å². The average Bonchev–Trinajstić information content (AvgIpc) is 3.20. The van der Waals surface area contributed by atoms with Gasteiger partial charge in [0.25, 0.3) is 0 Å². The van der Waals surface area contributed by atoms with E-state index in [2.05, 4.69) is 48.5 Å². The van der Waals surface area contributed by atoms with Gasteiger partial charge in [0, 0.05) is 17.1 Å². The van der Waals surface area contributed by atoms with Crippen molar-refractivity contribution in [2.45, 2.75) is 0 Å². The summed E-state index contributed by atoms with van der Waals surface area (Å²) in [6.07, 6.45) is 0. The lowest BCUT2D eigenvalue weighted by Crippen LogP contribution is -2.09. The predicted molar refractivity (Wildman–Crippen MR) is 200 cm³/mol. The number of hydrogen-bond donors (Lipinski definition) is 0. The predicted octanol–water partition coefficient (Wildman–Crippen LogP) is 13.0. The van der Waals surface area contributed by atoms with Crippen LogP contribution < -0.4 is 4.90 Å². The molecule has 0 aromatic heterocycles. The van der Waals surface area contributed by atoms with Gasteiger partial charge in [-0.3, -0.25) is 0 Å². The van der Waals surface area contributed by atoms with E-state index in [0.29, 0.717) is 5.56 Å². The van der Waals surface area contributed by atoms with Crippen molar-refractivity contribution in [3.8, 4) is 44.5 Å². The first-order chi connectivity index (χ1) is 25.0. The van der Waals surface area contributed by atoms with Crippen LogP contribution in [-0.2, 0) is 0 Å². The fraction of sp³-hybridized carbons (Fsp3) is 0. The maximum absolute atomic E-state index is 9.40. The zero-order valence-electron chi connectivity index (χ0n) is 29.7. The normalized spacial score (nSPS) is 12.2. The van der Waals surface area contributed by atoms with Gasteiger partial charge in [-0.05, 0) is 97.7 Å². The highest BCUT2D eigenvalue weighted by Gasteiger charge is 2.14. The third-order valence-electron chi connectivity index (χ3n) is 8.55. The molecule has 0 saturated heterocycles. The summed E-state index contributed by atoms with van der Waals surface area (Å²) in [7, 11) is 0. The molecule has 0 heterocycles. The van der Waals surface area contributed by atoms with E-state index in [1.165, 1.54) is 0 Å². The number of nitrogens with zero attached hydrogens (tertiary/aromatic N) is 1. The molecule has 0 amide bonds. The Hall–Kier alpha value is -6.18. The van der Waals surface area contributed by atoms with E-state index >= 15 is 0 Å². The van der Waals surface area contributed by atoms with Gasteiger partial charge in [0.15, 0.2) is 0 Å². The molecule has 8 rings (SSSR count). The van der Waals surface area contributed by atoms with E-state index < -0.39 is 0 Å². The van der Waals surface area contributed by atoms with Crippen molar-refractivity contribution in [1.82, 2.24) is 0 Å². The highest BCUT2D eigenvalue weighted by Crippen LogP contribution is 2.38. The summed E-state index contributed by atoms with van der Waals surface area (Å²) in [6.45, 7) is 0. The average molecular weight is 604 g/mol. The Balaban J connectivity index is 1.26.